The summed E-state index contributed by atoms with van der Waals surface area (Å²) >= 11 is 0. The molecule has 0 aliphatic heterocycles. The highest BCUT2D eigenvalue weighted by Crippen LogP contribution is 2.30. The number of carbonyl (C=O) groups excluding carboxylic acids is 1. The monoisotopic (exact) mass is 288 g/mol. The van der Waals surface area contributed by atoms with Crippen LogP contribution in [0.15, 0.2) is 18.2 Å². The zero-order valence-corrected chi connectivity index (χ0v) is 13.5. The first-order chi connectivity index (χ1) is 10.1. The van der Waals surface area contributed by atoms with E-state index in [1.54, 1.807) is 0 Å². The van der Waals surface area contributed by atoms with Crippen LogP contribution in [-0.4, -0.2) is 19.0 Å². The molecule has 1 aromatic rings. The second-order valence-corrected chi connectivity index (χ2v) is 6.35. The first-order valence-corrected chi connectivity index (χ1v) is 8.24. The van der Waals surface area contributed by atoms with E-state index >= 15 is 0 Å². The predicted octanol–water partition coefficient (Wildman–Crippen LogP) is 3.98. The fourth-order valence-corrected chi connectivity index (χ4v) is 3.11. The zero-order valence-electron chi connectivity index (χ0n) is 13.5. The summed E-state index contributed by atoms with van der Waals surface area (Å²) in [5.41, 5.74) is 2.89. The predicted molar refractivity (Wildman–Crippen MR) is 88.8 cm³/mol. The quantitative estimate of drug-likeness (QED) is 0.831. The molecule has 2 unspecified atom stereocenters. The van der Waals surface area contributed by atoms with Crippen LogP contribution >= 0.6 is 0 Å². The normalized spacial score (nSPS) is 21.3. The average Bonchev–Trinajstić information content (AvgIpc) is 2.88. The van der Waals surface area contributed by atoms with Gasteiger partial charge in [-0.1, -0.05) is 32.8 Å². The molecule has 21 heavy (non-hydrogen) atoms. The lowest BCUT2D eigenvalue weighted by Crippen LogP contribution is -2.30. The number of amides is 1. The number of carbonyl (C=O) groups is 1. The lowest BCUT2D eigenvalue weighted by molar-refractivity contribution is 0.0945. The van der Waals surface area contributed by atoms with E-state index in [0.717, 1.165) is 36.7 Å². The second kappa shape index (κ2) is 7.48. The smallest absolute Gasteiger partial charge is 0.253 e. The largest absolute Gasteiger partial charge is 0.384 e. The molecular weight excluding hydrogens is 260 g/mol. The molecule has 2 rings (SSSR count). The van der Waals surface area contributed by atoms with Crippen LogP contribution in [0.5, 0.6) is 0 Å². The Labute approximate surface area is 128 Å². The Balaban J connectivity index is 2.00. The molecule has 1 saturated carbocycles. The highest BCUT2D eigenvalue weighted by molar-refractivity contribution is 5.99. The number of hydrogen-bond donors (Lipinski definition) is 2. The molecule has 2 atom stereocenters. The van der Waals surface area contributed by atoms with Crippen molar-refractivity contribution in [3.63, 3.8) is 0 Å². The summed E-state index contributed by atoms with van der Waals surface area (Å²) in [4.78, 5) is 12.5. The molecule has 3 nitrogen and oxygen atoms in total. The molecule has 116 valence electrons. The van der Waals surface area contributed by atoms with Gasteiger partial charge in [-0.25, -0.2) is 0 Å². The molecule has 1 aromatic carbocycles. The van der Waals surface area contributed by atoms with E-state index in [2.05, 4.69) is 37.5 Å². The number of aryl methyl sites for hydroxylation is 1. The molecule has 0 spiro atoms. The van der Waals surface area contributed by atoms with Crippen LogP contribution in [-0.2, 0) is 0 Å². The Morgan fingerprint density at radius 3 is 2.81 bits per heavy atom. The van der Waals surface area contributed by atoms with Gasteiger partial charge in [0.15, 0.2) is 0 Å². The van der Waals surface area contributed by atoms with E-state index in [4.69, 9.17) is 0 Å². The van der Waals surface area contributed by atoms with Gasteiger partial charge in [0.05, 0.1) is 5.56 Å². The minimum absolute atomic E-state index is 0.0488. The van der Waals surface area contributed by atoms with E-state index in [1.165, 1.54) is 24.8 Å². The number of anilines is 1. The van der Waals surface area contributed by atoms with Gasteiger partial charge < -0.3 is 10.6 Å². The molecule has 0 heterocycles. The van der Waals surface area contributed by atoms with E-state index in [-0.39, 0.29) is 5.91 Å². The Hall–Kier alpha value is -1.51. The lowest BCUT2D eigenvalue weighted by atomic mass is 9.98. The highest BCUT2D eigenvalue weighted by Gasteiger charge is 2.24. The second-order valence-electron chi connectivity index (χ2n) is 6.35. The first kappa shape index (κ1) is 15.9. The molecule has 1 aliphatic carbocycles. The van der Waals surface area contributed by atoms with Crippen LogP contribution < -0.4 is 10.6 Å². The van der Waals surface area contributed by atoms with Crippen LogP contribution in [0.1, 0.15) is 55.5 Å². The van der Waals surface area contributed by atoms with E-state index in [1.807, 2.05) is 12.1 Å². The first-order valence-electron chi connectivity index (χ1n) is 8.24. The highest BCUT2D eigenvalue weighted by atomic mass is 16.1. The minimum atomic E-state index is 0.0488. The maximum absolute atomic E-state index is 12.5. The fourth-order valence-electron chi connectivity index (χ4n) is 3.11. The summed E-state index contributed by atoms with van der Waals surface area (Å²) in [5.74, 6) is 1.43. The van der Waals surface area contributed by atoms with Gasteiger partial charge in [-0.2, -0.15) is 0 Å². The van der Waals surface area contributed by atoms with Crippen molar-refractivity contribution in [2.45, 2.75) is 46.5 Å². The van der Waals surface area contributed by atoms with Gasteiger partial charge >= 0.3 is 0 Å². The third kappa shape index (κ3) is 4.23. The summed E-state index contributed by atoms with van der Waals surface area (Å²) in [6.07, 6.45) is 4.90. The minimum Gasteiger partial charge on any atom is -0.384 e. The van der Waals surface area contributed by atoms with Gasteiger partial charge in [-0.3, -0.25) is 4.79 Å². The average molecular weight is 288 g/mol. The van der Waals surface area contributed by atoms with Crippen LogP contribution in [0.3, 0.4) is 0 Å². The van der Waals surface area contributed by atoms with E-state index in [0.29, 0.717) is 5.92 Å². The van der Waals surface area contributed by atoms with Gasteiger partial charge in [0, 0.05) is 18.8 Å². The number of nitrogens with one attached hydrogen (secondary N) is 2. The van der Waals surface area contributed by atoms with Crippen LogP contribution in [0, 0.1) is 18.8 Å². The molecule has 0 bridgehead atoms. The van der Waals surface area contributed by atoms with Gasteiger partial charge in [0.25, 0.3) is 5.91 Å². The topological polar surface area (TPSA) is 41.1 Å². The summed E-state index contributed by atoms with van der Waals surface area (Å²) in [6.45, 7) is 8.18. The molecule has 1 amide bonds. The van der Waals surface area contributed by atoms with Gasteiger partial charge in [0.1, 0.15) is 0 Å². The van der Waals surface area contributed by atoms with Crippen molar-refractivity contribution in [2.75, 3.05) is 18.4 Å². The van der Waals surface area contributed by atoms with Crippen molar-refractivity contribution in [1.82, 2.24) is 5.32 Å². The third-order valence-electron chi connectivity index (χ3n) is 4.55. The van der Waals surface area contributed by atoms with E-state index in [9.17, 15) is 4.79 Å². The zero-order chi connectivity index (χ0) is 15.2. The molecule has 0 radical (unpaired) electrons. The number of hydrogen-bond acceptors (Lipinski definition) is 2. The van der Waals surface area contributed by atoms with Crippen molar-refractivity contribution in [3.05, 3.63) is 29.3 Å². The fraction of sp³-hybridized carbons (Fsp3) is 0.611. The van der Waals surface area contributed by atoms with Gasteiger partial charge in [0.2, 0.25) is 0 Å². The number of rotatable bonds is 6. The molecular formula is C18H28N2O. The molecule has 2 N–H and O–H groups in total. The van der Waals surface area contributed by atoms with Crippen LogP contribution in [0.2, 0.25) is 0 Å². The van der Waals surface area contributed by atoms with Gasteiger partial charge in [-0.15, -0.1) is 0 Å². The Bertz CT molecular complexity index is 484. The summed E-state index contributed by atoms with van der Waals surface area (Å²) in [7, 11) is 0. The van der Waals surface area contributed by atoms with Gasteiger partial charge in [-0.05, 0) is 49.3 Å². The molecule has 3 heteroatoms. The standard InChI is InChI=1S/C18H28N2O/c1-4-10-19-17-11-13(2)8-9-16(17)18(21)20-12-15-7-5-6-14(15)3/h8-9,11,14-15,19H,4-7,10,12H2,1-3H3,(H,20,21). The Morgan fingerprint density at radius 1 is 1.33 bits per heavy atom. The summed E-state index contributed by atoms with van der Waals surface area (Å²) in [6, 6.07) is 5.99. The molecule has 1 aliphatic rings. The lowest BCUT2D eigenvalue weighted by Gasteiger charge is -2.17. The Kier molecular flexibility index (Phi) is 5.66. The molecule has 1 fully saturated rings. The maximum atomic E-state index is 12.5. The van der Waals surface area contributed by atoms with Crippen molar-refractivity contribution in [3.8, 4) is 0 Å². The number of benzene rings is 1. The van der Waals surface area contributed by atoms with Crippen LogP contribution in [0.25, 0.3) is 0 Å². The molecule has 0 saturated heterocycles. The van der Waals surface area contributed by atoms with Crippen molar-refractivity contribution >= 4 is 11.6 Å². The SMILES string of the molecule is CCCNc1cc(C)ccc1C(=O)NCC1CCCC1C. The summed E-state index contributed by atoms with van der Waals surface area (Å²) in [5, 5.41) is 6.49. The Morgan fingerprint density at radius 2 is 2.14 bits per heavy atom. The maximum Gasteiger partial charge on any atom is 0.253 e. The third-order valence-corrected chi connectivity index (χ3v) is 4.55. The van der Waals surface area contributed by atoms with Crippen molar-refractivity contribution in [1.29, 1.82) is 0 Å². The molecule has 0 aromatic heterocycles. The van der Waals surface area contributed by atoms with Crippen molar-refractivity contribution in [2.24, 2.45) is 11.8 Å². The van der Waals surface area contributed by atoms with Crippen molar-refractivity contribution < 1.29 is 4.79 Å². The van der Waals surface area contributed by atoms with E-state index < -0.39 is 0 Å². The summed E-state index contributed by atoms with van der Waals surface area (Å²) < 4.78 is 0. The van der Waals surface area contributed by atoms with Crippen LogP contribution in [0.4, 0.5) is 5.69 Å².